The summed E-state index contributed by atoms with van der Waals surface area (Å²) in [6.45, 7) is 0.979. The van der Waals surface area contributed by atoms with E-state index in [-0.39, 0.29) is 30.0 Å². The van der Waals surface area contributed by atoms with Gasteiger partial charge in [0.1, 0.15) is 12.2 Å². The summed E-state index contributed by atoms with van der Waals surface area (Å²) in [5.41, 5.74) is 0.0863. The fraction of sp³-hybridized carbons (Fsp3) is 0.500. The molecule has 2 heterocycles. The summed E-state index contributed by atoms with van der Waals surface area (Å²) in [4.78, 5) is 36.6. The van der Waals surface area contributed by atoms with Crippen LogP contribution in [0.1, 0.15) is 23.3 Å². The first-order valence-electron chi connectivity index (χ1n) is 6.90. The molecule has 1 aromatic heterocycles. The number of carboxylic acids is 1. The molecule has 0 bridgehead atoms. The molecule has 1 atom stereocenters. The van der Waals surface area contributed by atoms with E-state index in [9.17, 15) is 14.4 Å². The molecular formula is C14H19N3O4. The lowest BCUT2D eigenvalue weighted by atomic mass is 9.97. The van der Waals surface area contributed by atoms with Gasteiger partial charge < -0.3 is 19.9 Å². The van der Waals surface area contributed by atoms with E-state index in [1.807, 2.05) is 0 Å². The SMILES string of the molecule is CNC(=O)C1CCCN(C(=O)Cn2cccc2C(=O)O)C1. The molecule has 0 aromatic carbocycles. The Labute approximate surface area is 122 Å². The maximum atomic E-state index is 12.3. The first kappa shape index (κ1) is 15.1. The van der Waals surface area contributed by atoms with Crippen molar-refractivity contribution >= 4 is 17.8 Å². The minimum Gasteiger partial charge on any atom is -0.477 e. The van der Waals surface area contributed by atoms with E-state index in [2.05, 4.69) is 5.32 Å². The minimum absolute atomic E-state index is 0.0188. The topological polar surface area (TPSA) is 91.6 Å². The van der Waals surface area contributed by atoms with Gasteiger partial charge in [-0.25, -0.2) is 4.79 Å². The number of likely N-dealkylation sites (tertiary alicyclic amines) is 1. The van der Waals surface area contributed by atoms with Gasteiger partial charge >= 0.3 is 5.97 Å². The molecule has 1 aromatic rings. The van der Waals surface area contributed by atoms with E-state index >= 15 is 0 Å². The number of aromatic nitrogens is 1. The third-order valence-corrected chi connectivity index (χ3v) is 3.75. The van der Waals surface area contributed by atoms with Crippen LogP contribution >= 0.6 is 0 Å². The van der Waals surface area contributed by atoms with E-state index in [1.165, 1.54) is 10.6 Å². The summed E-state index contributed by atoms with van der Waals surface area (Å²) in [6, 6.07) is 3.05. The maximum absolute atomic E-state index is 12.3. The van der Waals surface area contributed by atoms with Gasteiger partial charge in [0.2, 0.25) is 11.8 Å². The molecule has 1 fully saturated rings. The van der Waals surface area contributed by atoms with E-state index in [0.29, 0.717) is 13.1 Å². The minimum atomic E-state index is -1.06. The van der Waals surface area contributed by atoms with Crippen LogP contribution in [0.4, 0.5) is 0 Å². The standard InChI is InChI=1S/C14H19N3O4/c1-15-13(19)10-4-2-7-17(8-10)12(18)9-16-6-3-5-11(16)14(20)21/h3,5-6,10H,2,4,7-9H2,1H3,(H,15,19)(H,20,21). The number of hydrogen-bond acceptors (Lipinski definition) is 3. The first-order valence-corrected chi connectivity index (χ1v) is 6.90. The predicted molar refractivity (Wildman–Crippen MR) is 74.8 cm³/mol. The highest BCUT2D eigenvalue weighted by Gasteiger charge is 2.28. The molecule has 7 nitrogen and oxygen atoms in total. The van der Waals surface area contributed by atoms with Crippen LogP contribution in [0.5, 0.6) is 0 Å². The molecule has 21 heavy (non-hydrogen) atoms. The molecule has 0 saturated carbocycles. The molecule has 1 aliphatic rings. The van der Waals surface area contributed by atoms with E-state index in [0.717, 1.165) is 12.8 Å². The van der Waals surface area contributed by atoms with Gasteiger partial charge in [-0.3, -0.25) is 9.59 Å². The Bertz CT molecular complexity index is 552. The zero-order valence-electron chi connectivity index (χ0n) is 11.9. The number of carbonyl (C=O) groups excluding carboxylic acids is 2. The summed E-state index contributed by atoms with van der Waals surface area (Å²) >= 11 is 0. The highest BCUT2D eigenvalue weighted by atomic mass is 16.4. The van der Waals surface area contributed by atoms with Crippen molar-refractivity contribution in [1.82, 2.24) is 14.8 Å². The Morgan fingerprint density at radius 2 is 2.19 bits per heavy atom. The zero-order chi connectivity index (χ0) is 15.4. The van der Waals surface area contributed by atoms with Crippen LogP contribution in [0, 0.1) is 5.92 Å². The van der Waals surface area contributed by atoms with E-state index in [1.54, 1.807) is 24.2 Å². The Morgan fingerprint density at radius 3 is 2.86 bits per heavy atom. The molecule has 1 aliphatic heterocycles. The van der Waals surface area contributed by atoms with Crippen LogP contribution < -0.4 is 5.32 Å². The van der Waals surface area contributed by atoms with E-state index < -0.39 is 5.97 Å². The largest absolute Gasteiger partial charge is 0.477 e. The molecule has 2 N–H and O–H groups in total. The van der Waals surface area contributed by atoms with Gasteiger partial charge in [-0.05, 0) is 25.0 Å². The third kappa shape index (κ3) is 3.42. The van der Waals surface area contributed by atoms with Gasteiger partial charge in [0.15, 0.2) is 0 Å². The first-order chi connectivity index (χ1) is 10.0. The number of nitrogens with zero attached hydrogens (tertiary/aromatic N) is 2. The molecular weight excluding hydrogens is 274 g/mol. The second-order valence-corrected chi connectivity index (χ2v) is 5.12. The smallest absolute Gasteiger partial charge is 0.352 e. The molecule has 2 amide bonds. The second-order valence-electron chi connectivity index (χ2n) is 5.12. The van der Waals surface area contributed by atoms with Gasteiger partial charge in [-0.15, -0.1) is 0 Å². The van der Waals surface area contributed by atoms with Crippen LogP contribution in [-0.2, 0) is 16.1 Å². The average molecular weight is 293 g/mol. The third-order valence-electron chi connectivity index (χ3n) is 3.75. The monoisotopic (exact) mass is 293 g/mol. The number of carbonyl (C=O) groups is 3. The van der Waals surface area contributed by atoms with Crippen molar-refractivity contribution in [2.45, 2.75) is 19.4 Å². The fourth-order valence-electron chi connectivity index (χ4n) is 2.61. The second kappa shape index (κ2) is 6.43. The van der Waals surface area contributed by atoms with Crippen molar-refractivity contribution in [3.8, 4) is 0 Å². The molecule has 0 aliphatic carbocycles. The fourth-order valence-corrected chi connectivity index (χ4v) is 2.61. The molecule has 0 radical (unpaired) electrons. The normalized spacial score (nSPS) is 18.3. The number of piperidine rings is 1. The number of rotatable bonds is 4. The molecule has 0 spiro atoms. The van der Waals surface area contributed by atoms with Crippen molar-refractivity contribution in [3.05, 3.63) is 24.0 Å². The van der Waals surface area contributed by atoms with Gasteiger partial charge in [-0.1, -0.05) is 0 Å². The Morgan fingerprint density at radius 1 is 1.43 bits per heavy atom. The Hall–Kier alpha value is -2.31. The summed E-state index contributed by atoms with van der Waals surface area (Å²) in [5, 5.41) is 11.6. The van der Waals surface area contributed by atoms with E-state index in [4.69, 9.17) is 5.11 Å². The summed E-state index contributed by atoms with van der Waals surface area (Å²) in [7, 11) is 1.59. The number of nitrogens with one attached hydrogen (secondary N) is 1. The molecule has 1 saturated heterocycles. The quantitative estimate of drug-likeness (QED) is 0.828. The molecule has 114 valence electrons. The van der Waals surface area contributed by atoms with Crippen LogP contribution in [0.2, 0.25) is 0 Å². The molecule has 7 heteroatoms. The summed E-state index contributed by atoms with van der Waals surface area (Å²) in [6.07, 6.45) is 3.12. The van der Waals surface area contributed by atoms with Gasteiger partial charge in [0.25, 0.3) is 0 Å². The van der Waals surface area contributed by atoms with Crippen LogP contribution in [-0.4, -0.2) is 52.5 Å². The lowest BCUT2D eigenvalue weighted by Gasteiger charge is -2.32. The molecule has 1 unspecified atom stereocenters. The van der Waals surface area contributed by atoms with Crippen molar-refractivity contribution in [3.63, 3.8) is 0 Å². The van der Waals surface area contributed by atoms with Crippen LogP contribution in [0.3, 0.4) is 0 Å². The van der Waals surface area contributed by atoms with Crippen LogP contribution in [0.15, 0.2) is 18.3 Å². The molecule has 2 rings (SSSR count). The van der Waals surface area contributed by atoms with Crippen molar-refractivity contribution in [2.75, 3.05) is 20.1 Å². The number of hydrogen-bond donors (Lipinski definition) is 2. The Balaban J connectivity index is 2.01. The lowest BCUT2D eigenvalue weighted by Crippen LogP contribution is -2.45. The van der Waals surface area contributed by atoms with Gasteiger partial charge in [-0.2, -0.15) is 0 Å². The number of amides is 2. The number of carboxylic acid groups (broad SMARTS) is 1. The van der Waals surface area contributed by atoms with Crippen LogP contribution in [0.25, 0.3) is 0 Å². The van der Waals surface area contributed by atoms with Crippen molar-refractivity contribution < 1.29 is 19.5 Å². The summed E-state index contributed by atoms with van der Waals surface area (Å²) < 4.78 is 1.41. The maximum Gasteiger partial charge on any atom is 0.352 e. The lowest BCUT2D eigenvalue weighted by molar-refractivity contribution is -0.136. The number of aromatic carboxylic acids is 1. The van der Waals surface area contributed by atoms with Crippen molar-refractivity contribution in [1.29, 1.82) is 0 Å². The highest BCUT2D eigenvalue weighted by Crippen LogP contribution is 2.17. The average Bonchev–Trinajstić information content (AvgIpc) is 2.94. The van der Waals surface area contributed by atoms with Crippen molar-refractivity contribution in [2.24, 2.45) is 5.92 Å². The predicted octanol–water partition coefficient (Wildman–Crippen LogP) is 0.171. The van der Waals surface area contributed by atoms with Gasteiger partial charge in [0.05, 0.1) is 5.92 Å². The van der Waals surface area contributed by atoms with Gasteiger partial charge in [0, 0.05) is 26.3 Å². The Kier molecular flexibility index (Phi) is 4.62. The zero-order valence-corrected chi connectivity index (χ0v) is 11.9. The summed E-state index contributed by atoms with van der Waals surface area (Å²) in [5.74, 6) is -1.46. The highest BCUT2D eigenvalue weighted by molar-refractivity contribution is 5.87.